The van der Waals surface area contributed by atoms with Crippen LogP contribution >= 0.6 is 0 Å². The number of nitrogens with one attached hydrogen (secondary N) is 3. The number of aliphatic imine (C=N–C) groups is 1. The van der Waals surface area contributed by atoms with Crippen molar-refractivity contribution in [3.8, 4) is 0 Å². The first-order valence-corrected chi connectivity index (χ1v) is 9.85. The monoisotopic (exact) mass is 383 g/mol. The molecule has 2 aromatic rings. The second-order valence-electron chi connectivity index (χ2n) is 6.93. The van der Waals surface area contributed by atoms with E-state index in [2.05, 4.69) is 33.0 Å². The quantitative estimate of drug-likeness (QED) is 0.512. The van der Waals surface area contributed by atoms with Crippen LogP contribution in [0.1, 0.15) is 40.9 Å². The number of benzene rings is 1. The summed E-state index contributed by atoms with van der Waals surface area (Å²) in [5.41, 5.74) is 1.77. The van der Waals surface area contributed by atoms with Gasteiger partial charge in [-0.2, -0.15) is 5.10 Å². The van der Waals surface area contributed by atoms with Crippen LogP contribution in [0.3, 0.4) is 0 Å². The number of aromatic nitrogens is 3. The molecule has 28 heavy (non-hydrogen) atoms. The minimum absolute atomic E-state index is 0.0691. The second-order valence-corrected chi connectivity index (χ2v) is 6.93. The standard InChI is InChI=1S/C20H29N7O/c1-4-22-20(25-17-8-9-18-24-14(2)26-27(18)13-17)23-11-10-15-6-5-7-16(12-15)19(28)21-3/h5-7,12,17H,4,8-11,13H2,1-3H3,(H,21,28)(H2,22,23,25). The van der Waals surface area contributed by atoms with Crippen molar-refractivity contribution >= 4 is 11.9 Å². The average Bonchev–Trinajstić information content (AvgIpc) is 3.07. The van der Waals surface area contributed by atoms with E-state index in [1.807, 2.05) is 35.9 Å². The van der Waals surface area contributed by atoms with Crippen LogP contribution in [0.15, 0.2) is 29.3 Å². The fraction of sp³-hybridized carbons (Fsp3) is 0.500. The summed E-state index contributed by atoms with van der Waals surface area (Å²) >= 11 is 0. The van der Waals surface area contributed by atoms with E-state index in [1.165, 1.54) is 0 Å². The van der Waals surface area contributed by atoms with Gasteiger partial charge in [-0.05, 0) is 44.4 Å². The number of aryl methyl sites for hydroxylation is 2. The molecule has 0 saturated heterocycles. The molecule has 2 heterocycles. The Balaban J connectivity index is 1.58. The van der Waals surface area contributed by atoms with Crippen molar-refractivity contribution in [2.45, 2.75) is 45.7 Å². The summed E-state index contributed by atoms with van der Waals surface area (Å²) in [5, 5.41) is 13.9. The van der Waals surface area contributed by atoms with Gasteiger partial charge in [-0.3, -0.25) is 9.79 Å². The van der Waals surface area contributed by atoms with Gasteiger partial charge < -0.3 is 16.0 Å². The smallest absolute Gasteiger partial charge is 0.251 e. The molecule has 0 bridgehead atoms. The predicted octanol–water partition coefficient (Wildman–Crippen LogP) is 1.06. The molecule has 1 aromatic heterocycles. The molecule has 0 radical (unpaired) electrons. The Hall–Kier alpha value is -2.90. The van der Waals surface area contributed by atoms with E-state index in [1.54, 1.807) is 7.05 Å². The summed E-state index contributed by atoms with van der Waals surface area (Å²) in [6, 6.07) is 7.96. The normalized spacial score (nSPS) is 16.4. The molecular formula is C20H29N7O. The first-order valence-electron chi connectivity index (χ1n) is 9.85. The molecule has 0 aliphatic carbocycles. The largest absolute Gasteiger partial charge is 0.357 e. The third-order valence-corrected chi connectivity index (χ3v) is 4.74. The zero-order valence-corrected chi connectivity index (χ0v) is 16.8. The number of nitrogens with zero attached hydrogens (tertiary/aromatic N) is 4. The van der Waals surface area contributed by atoms with E-state index in [4.69, 9.17) is 4.99 Å². The van der Waals surface area contributed by atoms with Crippen LogP contribution in [0.25, 0.3) is 0 Å². The predicted molar refractivity (Wildman–Crippen MR) is 110 cm³/mol. The molecular weight excluding hydrogens is 354 g/mol. The van der Waals surface area contributed by atoms with Gasteiger partial charge in [0.05, 0.1) is 6.54 Å². The van der Waals surface area contributed by atoms with Gasteiger partial charge in [0.25, 0.3) is 5.91 Å². The second kappa shape index (κ2) is 9.34. The summed E-state index contributed by atoms with van der Waals surface area (Å²) in [6.45, 7) is 6.24. The molecule has 150 valence electrons. The molecule has 1 aromatic carbocycles. The molecule has 0 saturated carbocycles. The maximum Gasteiger partial charge on any atom is 0.251 e. The number of guanidine groups is 1. The van der Waals surface area contributed by atoms with Gasteiger partial charge in [0.1, 0.15) is 11.6 Å². The average molecular weight is 384 g/mol. The summed E-state index contributed by atoms with van der Waals surface area (Å²) in [6.07, 6.45) is 2.71. The molecule has 0 fully saturated rings. The lowest BCUT2D eigenvalue weighted by Crippen LogP contribution is -2.47. The molecule has 1 unspecified atom stereocenters. The molecule has 1 atom stereocenters. The van der Waals surface area contributed by atoms with E-state index in [0.29, 0.717) is 12.1 Å². The zero-order chi connectivity index (χ0) is 19.9. The van der Waals surface area contributed by atoms with Gasteiger partial charge in [-0.25, -0.2) is 9.67 Å². The van der Waals surface area contributed by atoms with Crippen LogP contribution < -0.4 is 16.0 Å². The Bertz CT molecular complexity index is 843. The third-order valence-electron chi connectivity index (χ3n) is 4.74. The van der Waals surface area contributed by atoms with Crippen LogP contribution in [-0.4, -0.2) is 52.8 Å². The molecule has 1 amide bonds. The van der Waals surface area contributed by atoms with E-state index in [9.17, 15) is 4.79 Å². The minimum atomic E-state index is -0.0691. The Morgan fingerprint density at radius 2 is 2.25 bits per heavy atom. The van der Waals surface area contributed by atoms with Crippen LogP contribution in [0.2, 0.25) is 0 Å². The molecule has 8 heteroatoms. The van der Waals surface area contributed by atoms with Crippen molar-refractivity contribution in [2.75, 3.05) is 20.1 Å². The highest BCUT2D eigenvalue weighted by Crippen LogP contribution is 2.13. The number of carbonyl (C=O) groups excluding carboxylic acids is 1. The van der Waals surface area contributed by atoms with Gasteiger partial charge in [-0.15, -0.1) is 0 Å². The third kappa shape index (κ3) is 5.09. The lowest BCUT2D eigenvalue weighted by molar-refractivity contribution is 0.0963. The lowest BCUT2D eigenvalue weighted by atomic mass is 10.1. The fourth-order valence-electron chi connectivity index (χ4n) is 3.37. The summed E-state index contributed by atoms with van der Waals surface area (Å²) in [5.74, 6) is 2.64. The lowest BCUT2D eigenvalue weighted by Gasteiger charge is -2.25. The highest BCUT2D eigenvalue weighted by Gasteiger charge is 2.21. The Kier molecular flexibility index (Phi) is 6.62. The van der Waals surface area contributed by atoms with E-state index < -0.39 is 0 Å². The Morgan fingerprint density at radius 3 is 3.04 bits per heavy atom. The first kappa shape index (κ1) is 19.9. The highest BCUT2D eigenvalue weighted by atomic mass is 16.1. The SMILES string of the molecule is CCNC(=NCCc1cccc(C(=O)NC)c1)NC1CCc2nc(C)nn2C1. The molecule has 1 aliphatic heterocycles. The van der Waals surface area contributed by atoms with Crippen molar-refractivity contribution in [1.82, 2.24) is 30.7 Å². The number of hydrogen-bond donors (Lipinski definition) is 3. The highest BCUT2D eigenvalue weighted by molar-refractivity contribution is 5.94. The molecule has 3 N–H and O–H groups in total. The fourth-order valence-corrected chi connectivity index (χ4v) is 3.37. The summed E-state index contributed by atoms with van der Waals surface area (Å²) in [4.78, 5) is 20.9. The minimum Gasteiger partial charge on any atom is -0.357 e. The van der Waals surface area contributed by atoms with Gasteiger partial charge in [0.2, 0.25) is 0 Å². The van der Waals surface area contributed by atoms with Gasteiger partial charge in [-0.1, -0.05) is 12.1 Å². The Morgan fingerprint density at radius 1 is 1.39 bits per heavy atom. The van der Waals surface area contributed by atoms with Crippen molar-refractivity contribution in [3.05, 3.63) is 47.0 Å². The molecule has 1 aliphatic rings. The number of hydrogen-bond acceptors (Lipinski definition) is 4. The van der Waals surface area contributed by atoms with E-state index in [-0.39, 0.29) is 11.9 Å². The van der Waals surface area contributed by atoms with Crippen molar-refractivity contribution in [3.63, 3.8) is 0 Å². The maximum atomic E-state index is 11.8. The van der Waals surface area contributed by atoms with E-state index in [0.717, 1.165) is 55.5 Å². The van der Waals surface area contributed by atoms with Gasteiger partial charge in [0, 0.05) is 38.2 Å². The summed E-state index contributed by atoms with van der Waals surface area (Å²) < 4.78 is 1.99. The zero-order valence-electron chi connectivity index (χ0n) is 16.8. The Labute approximate surface area is 165 Å². The number of rotatable bonds is 6. The number of carbonyl (C=O) groups is 1. The number of amides is 1. The topological polar surface area (TPSA) is 96.2 Å². The van der Waals surface area contributed by atoms with E-state index >= 15 is 0 Å². The van der Waals surface area contributed by atoms with Gasteiger partial charge in [0.15, 0.2) is 5.96 Å². The number of fused-ring (bicyclic) bond motifs is 1. The molecule has 3 rings (SSSR count). The first-order chi connectivity index (χ1) is 13.6. The maximum absolute atomic E-state index is 11.8. The molecule has 8 nitrogen and oxygen atoms in total. The van der Waals surface area contributed by atoms with Crippen LogP contribution in [-0.2, 0) is 19.4 Å². The summed E-state index contributed by atoms with van der Waals surface area (Å²) in [7, 11) is 1.64. The van der Waals surface area contributed by atoms with Gasteiger partial charge >= 0.3 is 0 Å². The van der Waals surface area contributed by atoms with Crippen molar-refractivity contribution < 1.29 is 4.79 Å². The van der Waals surface area contributed by atoms with Crippen molar-refractivity contribution in [2.24, 2.45) is 4.99 Å². The van der Waals surface area contributed by atoms with Crippen LogP contribution in [0, 0.1) is 6.92 Å². The molecule has 0 spiro atoms. The van der Waals surface area contributed by atoms with Crippen LogP contribution in [0.5, 0.6) is 0 Å². The van der Waals surface area contributed by atoms with Crippen molar-refractivity contribution in [1.29, 1.82) is 0 Å². The van der Waals surface area contributed by atoms with Crippen LogP contribution in [0.4, 0.5) is 0 Å².